The third-order valence-corrected chi connectivity index (χ3v) is 5.58. The number of ether oxygens (including phenoxy) is 1. The molecule has 8 heteroatoms. The SMILES string of the molecule is COCC(NC(=O)Nc1cc2[nH]nc(-c3ccnc(C4CC4)c3)c2cn1)c1ccccc1. The van der Waals surface area contributed by atoms with Gasteiger partial charge in [0.2, 0.25) is 0 Å². The highest BCUT2D eigenvalue weighted by Gasteiger charge is 2.25. The standard InChI is InChI=1S/C24H24N6O2/c1-32-14-21(15-5-3-2-4-6-15)27-24(31)28-22-12-20-18(13-26-22)23(30-29-20)17-9-10-25-19(11-17)16-7-8-16/h2-6,9-13,16,21H,7-8,14H2,1H3,(H,29,30)(H2,26,27,28,31). The lowest BCUT2D eigenvalue weighted by molar-refractivity contribution is 0.168. The number of carbonyl (C=O) groups is 1. The van der Waals surface area contributed by atoms with Crippen molar-refractivity contribution in [2.75, 3.05) is 19.0 Å². The van der Waals surface area contributed by atoms with Gasteiger partial charge in [-0.3, -0.25) is 15.4 Å². The number of aromatic nitrogens is 4. The van der Waals surface area contributed by atoms with Gasteiger partial charge in [0, 0.05) is 48.1 Å². The van der Waals surface area contributed by atoms with Crippen LogP contribution in [0.4, 0.5) is 10.6 Å². The molecule has 0 aliphatic heterocycles. The summed E-state index contributed by atoms with van der Waals surface area (Å²) >= 11 is 0. The first-order valence-corrected chi connectivity index (χ1v) is 10.6. The van der Waals surface area contributed by atoms with E-state index in [1.54, 1.807) is 19.4 Å². The number of amides is 2. The third-order valence-electron chi connectivity index (χ3n) is 5.58. The molecule has 0 bridgehead atoms. The normalized spacial score (nSPS) is 14.3. The van der Waals surface area contributed by atoms with Crippen molar-refractivity contribution >= 4 is 22.8 Å². The fraction of sp³-hybridized carbons (Fsp3) is 0.250. The quantitative estimate of drug-likeness (QED) is 0.404. The first-order chi connectivity index (χ1) is 15.7. The second kappa shape index (κ2) is 8.76. The molecule has 162 valence electrons. The van der Waals surface area contributed by atoms with E-state index < -0.39 is 0 Å². The molecule has 3 aromatic heterocycles. The molecule has 32 heavy (non-hydrogen) atoms. The average Bonchev–Trinajstić information content (AvgIpc) is 3.59. The second-order valence-corrected chi connectivity index (χ2v) is 7.95. The summed E-state index contributed by atoms with van der Waals surface area (Å²) in [5.41, 5.74) is 4.72. The maximum atomic E-state index is 12.6. The van der Waals surface area contributed by atoms with Crippen molar-refractivity contribution in [3.63, 3.8) is 0 Å². The van der Waals surface area contributed by atoms with Crippen LogP contribution in [0.15, 0.2) is 60.9 Å². The zero-order valence-corrected chi connectivity index (χ0v) is 17.7. The number of benzene rings is 1. The summed E-state index contributed by atoms with van der Waals surface area (Å²) < 4.78 is 5.26. The lowest BCUT2D eigenvalue weighted by atomic mass is 10.1. The molecule has 1 fully saturated rings. The number of anilines is 1. The molecule has 2 amide bonds. The zero-order valence-electron chi connectivity index (χ0n) is 17.7. The average molecular weight is 428 g/mol. The number of urea groups is 1. The topological polar surface area (TPSA) is 105 Å². The molecule has 1 atom stereocenters. The molecule has 4 aromatic rings. The summed E-state index contributed by atoms with van der Waals surface area (Å²) in [7, 11) is 1.61. The van der Waals surface area contributed by atoms with Gasteiger partial charge in [-0.15, -0.1) is 0 Å². The van der Waals surface area contributed by atoms with Crippen LogP contribution < -0.4 is 10.6 Å². The second-order valence-electron chi connectivity index (χ2n) is 7.95. The summed E-state index contributed by atoms with van der Waals surface area (Å²) in [5.74, 6) is 1.01. The first kappa shape index (κ1) is 20.1. The van der Waals surface area contributed by atoms with Crippen molar-refractivity contribution in [3.05, 3.63) is 72.2 Å². The summed E-state index contributed by atoms with van der Waals surface area (Å²) in [6.07, 6.45) is 5.96. The predicted molar refractivity (Wildman–Crippen MR) is 122 cm³/mol. The number of hydrogen-bond donors (Lipinski definition) is 3. The number of nitrogens with zero attached hydrogens (tertiary/aromatic N) is 3. The smallest absolute Gasteiger partial charge is 0.320 e. The van der Waals surface area contributed by atoms with Crippen LogP contribution >= 0.6 is 0 Å². The summed E-state index contributed by atoms with van der Waals surface area (Å²) in [4.78, 5) is 21.5. The van der Waals surface area contributed by atoms with Gasteiger partial charge in [-0.1, -0.05) is 30.3 Å². The van der Waals surface area contributed by atoms with Crippen LogP contribution in [0.5, 0.6) is 0 Å². The number of pyridine rings is 2. The van der Waals surface area contributed by atoms with Crippen molar-refractivity contribution in [3.8, 4) is 11.3 Å². The Morgan fingerprint density at radius 1 is 1.19 bits per heavy atom. The van der Waals surface area contributed by atoms with E-state index in [4.69, 9.17) is 4.74 Å². The van der Waals surface area contributed by atoms with Gasteiger partial charge >= 0.3 is 6.03 Å². The van der Waals surface area contributed by atoms with Gasteiger partial charge in [-0.2, -0.15) is 5.10 Å². The molecule has 3 N–H and O–H groups in total. The zero-order chi connectivity index (χ0) is 21.9. The van der Waals surface area contributed by atoms with Gasteiger partial charge in [0.1, 0.15) is 11.5 Å². The van der Waals surface area contributed by atoms with Crippen LogP contribution in [0.3, 0.4) is 0 Å². The highest BCUT2D eigenvalue weighted by Crippen LogP contribution is 2.40. The Bertz CT molecular complexity index is 1240. The van der Waals surface area contributed by atoms with Gasteiger partial charge in [-0.25, -0.2) is 9.78 Å². The molecule has 1 unspecified atom stereocenters. The minimum Gasteiger partial charge on any atom is -0.382 e. The van der Waals surface area contributed by atoms with Gasteiger partial charge in [0.25, 0.3) is 0 Å². The highest BCUT2D eigenvalue weighted by atomic mass is 16.5. The Labute approximate surface area is 185 Å². The maximum absolute atomic E-state index is 12.6. The number of rotatable bonds is 7. The minimum absolute atomic E-state index is 0.268. The molecule has 8 nitrogen and oxygen atoms in total. The van der Waals surface area contributed by atoms with Gasteiger partial charge in [-0.05, 0) is 30.5 Å². The highest BCUT2D eigenvalue weighted by molar-refractivity contribution is 5.95. The van der Waals surface area contributed by atoms with Crippen LogP contribution in [-0.4, -0.2) is 39.9 Å². The number of nitrogens with one attached hydrogen (secondary N) is 3. The van der Waals surface area contributed by atoms with Gasteiger partial charge < -0.3 is 10.1 Å². The van der Waals surface area contributed by atoms with Crippen LogP contribution in [0, 0.1) is 0 Å². The van der Waals surface area contributed by atoms with E-state index in [9.17, 15) is 4.79 Å². The molecular formula is C24H24N6O2. The van der Waals surface area contributed by atoms with E-state index in [1.807, 2.05) is 42.6 Å². The number of carbonyl (C=O) groups excluding carboxylic acids is 1. The first-order valence-electron chi connectivity index (χ1n) is 10.6. The number of aromatic amines is 1. The Morgan fingerprint density at radius 2 is 2.03 bits per heavy atom. The van der Waals surface area contributed by atoms with Crippen LogP contribution in [-0.2, 0) is 4.74 Å². The summed E-state index contributed by atoms with van der Waals surface area (Å²) in [6.45, 7) is 0.364. The molecule has 0 radical (unpaired) electrons. The fourth-order valence-corrected chi connectivity index (χ4v) is 3.78. The number of H-pyrrole nitrogens is 1. The van der Waals surface area contributed by atoms with Crippen molar-refractivity contribution < 1.29 is 9.53 Å². The summed E-state index contributed by atoms with van der Waals surface area (Å²) in [5, 5.41) is 14.2. The molecule has 5 rings (SSSR count). The molecule has 1 saturated carbocycles. The van der Waals surface area contributed by atoms with Crippen LogP contribution in [0.1, 0.15) is 36.1 Å². The van der Waals surface area contributed by atoms with Crippen molar-refractivity contribution in [1.82, 2.24) is 25.5 Å². The predicted octanol–water partition coefficient (Wildman–Crippen LogP) is 4.41. The maximum Gasteiger partial charge on any atom is 0.320 e. The molecule has 1 aromatic carbocycles. The number of methoxy groups -OCH3 is 1. The van der Waals surface area contributed by atoms with Crippen molar-refractivity contribution in [2.45, 2.75) is 24.8 Å². The van der Waals surface area contributed by atoms with E-state index in [0.29, 0.717) is 18.3 Å². The largest absolute Gasteiger partial charge is 0.382 e. The Balaban J connectivity index is 1.32. The molecule has 0 saturated heterocycles. The Kier molecular flexibility index (Phi) is 5.51. The van der Waals surface area contributed by atoms with Crippen LogP contribution in [0.25, 0.3) is 22.2 Å². The Hall–Kier alpha value is -3.78. The number of hydrogen-bond acceptors (Lipinski definition) is 5. The van der Waals surface area contributed by atoms with E-state index in [-0.39, 0.29) is 12.1 Å². The van der Waals surface area contributed by atoms with Crippen molar-refractivity contribution in [1.29, 1.82) is 0 Å². The number of fused-ring (bicyclic) bond motifs is 1. The monoisotopic (exact) mass is 428 g/mol. The molecule has 1 aliphatic carbocycles. The van der Waals surface area contributed by atoms with E-state index in [0.717, 1.165) is 33.4 Å². The van der Waals surface area contributed by atoms with Crippen LogP contribution in [0.2, 0.25) is 0 Å². The van der Waals surface area contributed by atoms with Gasteiger partial charge in [0.05, 0.1) is 18.2 Å². The van der Waals surface area contributed by atoms with Gasteiger partial charge in [0.15, 0.2) is 0 Å². The van der Waals surface area contributed by atoms with E-state index in [2.05, 4.69) is 36.9 Å². The fourth-order valence-electron chi connectivity index (χ4n) is 3.78. The van der Waals surface area contributed by atoms with Crippen molar-refractivity contribution in [2.24, 2.45) is 0 Å². The van der Waals surface area contributed by atoms with E-state index in [1.165, 1.54) is 12.8 Å². The van der Waals surface area contributed by atoms with E-state index >= 15 is 0 Å². The summed E-state index contributed by atoms with van der Waals surface area (Å²) in [6, 6.07) is 14.9. The molecule has 1 aliphatic rings. The minimum atomic E-state index is -0.356. The lowest BCUT2D eigenvalue weighted by Gasteiger charge is -2.18. The third kappa shape index (κ3) is 4.31. The lowest BCUT2D eigenvalue weighted by Crippen LogP contribution is -2.35. The molecule has 3 heterocycles. The molecule has 0 spiro atoms. The Morgan fingerprint density at radius 3 is 2.81 bits per heavy atom. The molecular weight excluding hydrogens is 404 g/mol.